The number of nitrogens with zero attached hydrogens (tertiary/aromatic N) is 3. The molecule has 0 saturated carbocycles. The fraction of sp³-hybridized carbons (Fsp3) is 0.0182. The molecule has 0 aliphatic carbocycles. The van der Waals surface area contributed by atoms with Crippen LogP contribution in [0.15, 0.2) is 237 Å². The van der Waals surface area contributed by atoms with Gasteiger partial charge in [0.2, 0.25) is 0 Å². The van der Waals surface area contributed by atoms with Crippen molar-refractivity contribution in [2.75, 3.05) is 14.7 Å². The molecule has 2 aliphatic rings. The van der Waals surface area contributed by atoms with E-state index < -0.39 is 5.41 Å². The Labute approximate surface area is 345 Å². The zero-order chi connectivity index (χ0) is 39.2. The standard InChI is InChI=1S/C55H39N3O/c1-5-19-40(20-6-1)55(47-27-13-17-31-53(47)59-54-32-18-14-28-48(54)55)41-33-35-45(36-34-41)57-49-29-15-16-30-50(49)58(44-25-11-4-12-26-44)52-39-46(37-38-51(52)57)56(42-21-7-2-8-22-42)43-23-9-3-10-24-43/h1-39H. The van der Waals surface area contributed by atoms with E-state index in [0.29, 0.717) is 0 Å². The summed E-state index contributed by atoms with van der Waals surface area (Å²) >= 11 is 0. The quantitative estimate of drug-likeness (QED) is 0.161. The molecule has 4 heteroatoms. The first kappa shape index (κ1) is 34.4. The number of hydrogen-bond acceptors (Lipinski definition) is 4. The van der Waals surface area contributed by atoms with Gasteiger partial charge in [-0.25, -0.2) is 0 Å². The molecule has 2 aliphatic heterocycles. The van der Waals surface area contributed by atoms with E-state index in [1.54, 1.807) is 0 Å². The first-order valence-corrected chi connectivity index (χ1v) is 20.1. The summed E-state index contributed by atoms with van der Waals surface area (Å²) in [4.78, 5) is 7.14. The van der Waals surface area contributed by atoms with Gasteiger partial charge in [0.25, 0.3) is 0 Å². The maximum Gasteiger partial charge on any atom is 0.132 e. The van der Waals surface area contributed by atoms with Crippen LogP contribution in [0.3, 0.4) is 0 Å². The number of benzene rings is 9. The Balaban J connectivity index is 1.11. The summed E-state index contributed by atoms with van der Waals surface area (Å²) in [7, 11) is 0. The van der Waals surface area contributed by atoms with Gasteiger partial charge in [0.15, 0.2) is 0 Å². The lowest BCUT2D eigenvalue weighted by Crippen LogP contribution is -2.34. The predicted molar refractivity (Wildman–Crippen MR) is 242 cm³/mol. The third kappa shape index (κ3) is 5.60. The zero-order valence-electron chi connectivity index (χ0n) is 32.3. The summed E-state index contributed by atoms with van der Waals surface area (Å²) in [5.41, 5.74) is 13.8. The molecule has 0 saturated heterocycles. The highest BCUT2D eigenvalue weighted by atomic mass is 16.5. The van der Waals surface area contributed by atoms with Crippen LogP contribution in [0.25, 0.3) is 0 Å². The lowest BCUT2D eigenvalue weighted by Gasteiger charge is -2.42. The minimum absolute atomic E-state index is 0.597. The molecule has 0 fully saturated rings. The molecule has 0 amide bonds. The normalized spacial score (nSPS) is 13.3. The van der Waals surface area contributed by atoms with Crippen molar-refractivity contribution >= 4 is 51.2 Å². The van der Waals surface area contributed by atoms with Gasteiger partial charge in [-0.15, -0.1) is 0 Å². The van der Waals surface area contributed by atoms with Crippen molar-refractivity contribution in [1.29, 1.82) is 0 Å². The number of hydrogen-bond donors (Lipinski definition) is 0. The molecular weight excluding hydrogens is 719 g/mol. The number of rotatable bonds is 7. The summed E-state index contributed by atoms with van der Waals surface area (Å²) in [6, 6.07) is 84.5. The Morgan fingerprint density at radius 2 is 0.746 bits per heavy atom. The Kier molecular flexibility index (Phi) is 8.34. The molecule has 280 valence electrons. The van der Waals surface area contributed by atoms with E-state index in [1.807, 2.05) is 0 Å². The highest BCUT2D eigenvalue weighted by Gasteiger charge is 2.45. The number of ether oxygens (including phenoxy) is 1. The SMILES string of the molecule is c1ccc(N(c2ccccc2)c2ccc3c(c2)N(c2ccccc2)c2ccccc2N3c2ccc(C3(c4ccccc4)c4ccccc4Oc4ccccc43)cc2)cc1. The third-order valence-corrected chi connectivity index (χ3v) is 11.7. The summed E-state index contributed by atoms with van der Waals surface area (Å²) in [5, 5.41) is 0. The Hall–Kier alpha value is -7.82. The number of para-hydroxylation sites is 7. The van der Waals surface area contributed by atoms with E-state index in [-0.39, 0.29) is 0 Å². The molecule has 9 aromatic carbocycles. The van der Waals surface area contributed by atoms with Crippen molar-refractivity contribution in [3.8, 4) is 11.5 Å². The molecule has 4 nitrogen and oxygen atoms in total. The smallest absolute Gasteiger partial charge is 0.132 e. The number of fused-ring (bicyclic) bond motifs is 4. The van der Waals surface area contributed by atoms with Crippen LogP contribution in [0, 0.1) is 0 Å². The Morgan fingerprint density at radius 1 is 0.322 bits per heavy atom. The van der Waals surface area contributed by atoms with Crippen LogP contribution < -0.4 is 19.4 Å². The fourth-order valence-corrected chi connectivity index (χ4v) is 9.19. The van der Waals surface area contributed by atoms with Crippen molar-refractivity contribution in [1.82, 2.24) is 0 Å². The van der Waals surface area contributed by atoms with Gasteiger partial charge in [-0.1, -0.05) is 146 Å². The zero-order valence-corrected chi connectivity index (χ0v) is 32.3. The molecule has 2 heterocycles. The van der Waals surface area contributed by atoms with Gasteiger partial charge in [0, 0.05) is 39.6 Å². The van der Waals surface area contributed by atoms with Gasteiger partial charge in [0.05, 0.1) is 28.2 Å². The van der Waals surface area contributed by atoms with Gasteiger partial charge < -0.3 is 19.4 Å². The third-order valence-electron chi connectivity index (χ3n) is 11.7. The average Bonchev–Trinajstić information content (AvgIpc) is 3.31. The van der Waals surface area contributed by atoms with Gasteiger partial charge in [0.1, 0.15) is 11.5 Å². The minimum atomic E-state index is -0.597. The van der Waals surface area contributed by atoms with Crippen LogP contribution in [0.4, 0.5) is 51.2 Å². The van der Waals surface area contributed by atoms with E-state index in [9.17, 15) is 0 Å². The van der Waals surface area contributed by atoms with Crippen molar-refractivity contribution in [3.63, 3.8) is 0 Å². The van der Waals surface area contributed by atoms with Crippen LogP contribution in [0.1, 0.15) is 22.3 Å². The molecule has 0 N–H and O–H groups in total. The van der Waals surface area contributed by atoms with Gasteiger partial charge in [-0.05, 0) is 102 Å². The highest BCUT2D eigenvalue weighted by Crippen LogP contribution is 2.58. The minimum Gasteiger partial charge on any atom is -0.457 e. The van der Waals surface area contributed by atoms with E-state index in [2.05, 4.69) is 251 Å². The van der Waals surface area contributed by atoms with E-state index >= 15 is 0 Å². The molecule has 0 radical (unpaired) electrons. The van der Waals surface area contributed by atoms with Crippen LogP contribution in [-0.4, -0.2) is 0 Å². The summed E-state index contributed by atoms with van der Waals surface area (Å²) in [5.74, 6) is 1.74. The van der Waals surface area contributed by atoms with E-state index in [0.717, 1.165) is 73.8 Å². The molecule has 0 unspecified atom stereocenters. The van der Waals surface area contributed by atoms with Crippen LogP contribution >= 0.6 is 0 Å². The van der Waals surface area contributed by atoms with Crippen LogP contribution in [-0.2, 0) is 5.41 Å². The Morgan fingerprint density at radius 3 is 1.32 bits per heavy atom. The topological polar surface area (TPSA) is 19.0 Å². The summed E-state index contributed by atoms with van der Waals surface area (Å²) in [6.07, 6.45) is 0. The lowest BCUT2D eigenvalue weighted by molar-refractivity contribution is 0.434. The van der Waals surface area contributed by atoms with Crippen molar-refractivity contribution in [2.24, 2.45) is 0 Å². The van der Waals surface area contributed by atoms with Gasteiger partial charge in [-0.2, -0.15) is 0 Å². The molecule has 0 spiro atoms. The first-order chi connectivity index (χ1) is 29.3. The maximum absolute atomic E-state index is 6.59. The molecule has 59 heavy (non-hydrogen) atoms. The largest absolute Gasteiger partial charge is 0.457 e. The van der Waals surface area contributed by atoms with Crippen molar-refractivity contribution in [3.05, 3.63) is 259 Å². The molecular formula is C55H39N3O. The molecule has 0 bridgehead atoms. The van der Waals surface area contributed by atoms with Crippen LogP contribution in [0.2, 0.25) is 0 Å². The monoisotopic (exact) mass is 757 g/mol. The molecule has 11 rings (SSSR count). The maximum atomic E-state index is 6.59. The van der Waals surface area contributed by atoms with Gasteiger partial charge in [-0.3, -0.25) is 0 Å². The summed E-state index contributed by atoms with van der Waals surface area (Å²) < 4.78 is 6.59. The van der Waals surface area contributed by atoms with Crippen molar-refractivity contribution < 1.29 is 4.74 Å². The Bertz CT molecular complexity index is 2830. The second-order valence-electron chi connectivity index (χ2n) is 14.9. The van der Waals surface area contributed by atoms with E-state index in [4.69, 9.17) is 4.74 Å². The molecule has 0 atom stereocenters. The number of anilines is 9. The fourth-order valence-electron chi connectivity index (χ4n) is 9.19. The van der Waals surface area contributed by atoms with Crippen molar-refractivity contribution in [2.45, 2.75) is 5.41 Å². The average molecular weight is 758 g/mol. The second-order valence-corrected chi connectivity index (χ2v) is 14.9. The van der Waals surface area contributed by atoms with Gasteiger partial charge >= 0.3 is 0 Å². The molecule has 0 aromatic heterocycles. The summed E-state index contributed by atoms with van der Waals surface area (Å²) in [6.45, 7) is 0. The first-order valence-electron chi connectivity index (χ1n) is 20.1. The predicted octanol–water partition coefficient (Wildman–Crippen LogP) is 14.9. The van der Waals surface area contributed by atoms with Crippen LogP contribution in [0.5, 0.6) is 11.5 Å². The van der Waals surface area contributed by atoms with E-state index in [1.165, 1.54) is 11.1 Å². The second kappa shape index (κ2) is 14.3. The highest BCUT2D eigenvalue weighted by molar-refractivity contribution is 6.03. The molecule has 9 aromatic rings. The lowest BCUT2D eigenvalue weighted by atomic mass is 9.63.